The van der Waals surface area contributed by atoms with E-state index in [1.54, 1.807) is 18.2 Å². The maximum atomic E-state index is 13.7. The molecule has 100 valence electrons. The quantitative estimate of drug-likeness (QED) is 0.813. The second kappa shape index (κ2) is 4.77. The van der Waals surface area contributed by atoms with Gasteiger partial charge in [-0.05, 0) is 24.5 Å². The van der Waals surface area contributed by atoms with Crippen molar-refractivity contribution in [1.29, 1.82) is 5.26 Å². The zero-order chi connectivity index (χ0) is 14.1. The average Bonchev–Trinajstić information content (AvgIpc) is 2.38. The Labute approximate surface area is 113 Å². The number of carbonyl (C=O) groups excluding carboxylic acids is 1. The Balaban J connectivity index is 2.37. The lowest BCUT2D eigenvalue weighted by Crippen LogP contribution is -2.45. The predicted octanol–water partition coefficient (Wildman–Crippen LogP) is 3.66. The van der Waals surface area contributed by atoms with Crippen LogP contribution in [-0.4, -0.2) is 5.78 Å². The molecule has 1 aliphatic carbocycles. The van der Waals surface area contributed by atoms with Gasteiger partial charge in [-0.25, -0.2) is 4.39 Å². The van der Waals surface area contributed by atoms with Crippen molar-refractivity contribution in [2.45, 2.75) is 39.5 Å². The summed E-state index contributed by atoms with van der Waals surface area (Å²) >= 11 is 0. The zero-order valence-corrected chi connectivity index (χ0v) is 11.4. The summed E-state index contributed by atoms with van der Waals surface area (Å²) in [7, 11) is 0. The van der Waals surface area contributed by atoms with Gasteiger partial charge < -0.3 is 0 Å². The van der Waals surface area contributed by atoms with E-state index in [4.69, 9.17) is 0 Å². The highest BCUT2D eigenvalue weighted by atomic mass is 19.1. The lowest BCUT2D eigenvalue weighted by atomic mass is 9.61. The van der Waals surface area contributed by atoms with Gasteiger partial charge in [-0.1, -0.05) is 38.5 Å². The highest BCUT2D eigenvalue weighted by Gasteiger charge is 2.49. The largest absolute Gasteiger partial charge is 0.297 e. The Morgan fingerprint density at radius 1 is 1.32 bits per heavy atom. The molecule has 1 aliphatic rings. The smallest absolute Gasteiger partial charge is 0.158 e. The molecule has 0 aliphatic heterocycles. The Bertz CT molecular complexity index is 544. The summed E-state index contributed by atoms with van der Waals surface area (Å²) in [5, 5.41) is 9.50. The normalized spacial score (nSPS) is 25.9. The fourth-order valence-electron chi connectivity index (χ4n) is 2.99. The van der Waals surface area contributed by atoms with E-state index in [1.807, 2.05) is 13.8 Å². The van der Waals surface area contributed by atoms with Crippen molar-refractivity contribution in [3.63, 3.8) is 0 Å². The van der Waals surface area contributed by atoms with E-state index in [2.05, 4.69) is 6.07 Å². The molecule has 1 atom stereocenters. The summed E-state index contributed by atoms with van der Waals surface area (Å²) < 4.78 is 13.7. The maximum Gasteiger partial charge on any atom is 0.158 e. The van der Waals surface area contributed by atoms with Crippen LogP contribution in [0.15, 0.2) is 24.3 Å². The molecular weight excluding hydrogens is 241 g/mol. The van der Waals surface area contributed by atoms with Crippen LogP contribution in [0.5, 0.6) is 0 Å². The summed E-state index contributed by atoms with van der Waals surface area (Å²) in [5.74, 6) is -0.384. The monoisotopic (exact) mass is 259 g/mol. The van der Waals surface area contributed by atoms with Gasteiger partial charge in [0.25, 0.3) is 0 Å². The molecule has 1 unspecified atom stereocenters. The van der Waals surface area contributed by atoms with Gasteiger partial charge in [0.15, 0.2) is 5.78 Å². The number of nitrogens with zero attached hydrogens (tertiary/aromatic N) is 1. The molecule has 0 bridgehead atoms. The Hall–Kier alpha value is -1.69. The molecule has 19 heavy (non-hydrogen) atoms. The molecule has 3 heteroatoms. The molecule has 0 radical (unpaired) electrons. The molecule has 1 fully saturated rings. The molecule has 0 N–H and O–H groups in total. The first kappa shape index (κ1) is 13.7. The summed E-state index contributed by atoms with van der Waals surface area (Å²) in [6, 6.07) is 8.57. The molecule has 0 heterocycles. The Morgan fingerprint density at radius 3 is 2.63 bits per heavy atom. The highest BCUT2D eigenvalue weighted by molar-refractivity contribution is 5.93. The van der Waals surface area contributed by atoms with Crippen molar-refractivity contribution >= 4 is 5.78 Å². The topological polar surface area (TPSA) is 40.9 Å². The van der Waals surface area contributed by atoms with E-state index < -0.39 is 10.8 Å². The summed E-state index contributed by atoms with van der Waals surface area (Å²) in [6.07, 6.45) is 2.34. The number of hydrogen-bond donors (Lipinski definition) is 0. The van der Waals surface area contributed by atoms with Crippen LogP contribution >= 0.6 is 0 Å². The molecule has 0 spiro atoms. The number of rotatable bonds is 2. The first-order valence-electron chi connectivity index (χ1n) is 6.61. The predicted molar refractivity (Wildman–Crippen MR) is 70.8 cm³/mol. The Kier molecular flexibility index (Phi) is 3.45. The standard InChI is InChI=1S/C16H18FNO/c1-15(2)8-5-9-16(11-18,14(15)19)10-12-6-3-4-7-13(12)17/h3-4,6-7H,5,8-10H2,1-2H3. The lowest BCUT2D eigenvalue weighted by molar-refractivity contribution is -0.138. The molecule has 2 nitrogen and oxygen atoms in total. The van der Waals surface area contributed by atoms with Crippen LogP contribution in [0, 0.1) is 28.0 Å². The van der Waals surface area contributed by atoms with Gasteiger partial charge in [0.05, 0.1) is 6.07 Å². The van der Waals surface area contributed by atoms with Gasteiger partial charge in [0.1, 0.15) is 11.2 Å². The number of hydrogen-bond acceptors (Lipinski definition) is 2. The second-order valence-electron chi connectivity index (χ2n) is 6.03. The van der Waals surface area contributed by atoms with E-state index in [0.717, 1.165) is 12.8 Å². The second-order valence-corrected chi connectivity index (χ2v) is 6.03. The van der Waals surface area contributed by atoms with Gasteiger partial charge in [0, 0.05) is 11.8 Å². The summed E-state index contributed by atoms with van der Waals surface area (Å²) in [4.78, 5) is 12.6. The minimum absolute atomic E-state index is 0.0444. The average molecular weight is 259 g/mol. The van der Waals surface area contributed by atoms with Crippen LogP contribution in [0.2, 0.25) is 0 Å². The van der Waals surface area contributed by atoms with Crippen LogP contribution in [-0.2, 0) is 11.2 Å². The molecule has 1 saturated carbocycles. The SMILES string of the molecule is CC1(C)CCCC(C#N)(Cc2ccccc2F)C1=O. The molecule has 0 aromatic heterocycles. The van der Waals surface area contributed by atoms with Crippen molar-refractivity contribution in [2.24, 2.45) is 10.8 Å². The van der Waals surface area contributed by atoms with Gasteiger partial charge in [0.2, 0.25) is 0 Å². The van der Waals surface area contributed by atoms with Crippen LogP contribution in [0.4, 0.5) is 4.39 Å². The van der Waals surface area contributed by atoms with E-state index in [1.165, 1.54) is 6.07 Å². The van der Waals surface area contributed by atoms with Gasteiger partial charge in [-0.2, -0.15) is 5.26 Å². The maximum absolute atomic E-state index is 13.7. The molecule has 0 amide bonds. The highest BCUT2D eigenvalue weighted by Crippen LogP contribution is 2.44. The van der Waals surface area contributed by atoms with Gasteiger partial charge >= 0.3 is 0 Å². The zero-order valence-electron chi connectivity index (χ0n) is 11.4. The Morgan fingerprint density at radius 2 is 2.00 bits per heavy atom. The van der Waals surface area contributed by atoms with Crippen molar-refractivity contribution in [3.8, 4) is 6.07 Å². The number of Topliss-reactive ketones (excluding diaryl/α,β-unsaturated/α-hetero) is 1. The molecule has 1 aromatic carbocycles. The third-order valence-corrected chi connectivity index (χ3v) is 4.12. The summed E-state index contributed by atoms with van der Waals surface area (Å²) in [6.45, 7) is 3.75. The molecule has 0 saturated heterocycles. The third-order valence-electron chi connectivity index (χ3n) is 4.12. The van der Waals surface area contributed by atoms with Crippen molar-refractivity contribution < 1.29 is 9.18 Å². The molecule has 1 aromatic rings. The van der Waals surface area contributed by atoms with Crippen molar-refractivity contribution in [2.75, 3.05) is 0 Å². The van der Waals surface area contributed by atoms with E-state index in [-0.39, 0.29) is 18.0 Å². The number of benzene rings is 1. The lowest BCUT2D eigenvalue weighted by Gasteiger charge is -2.39. The van der Waals surface area contributed by atoms with Crippen LogP contribution < -0.4 is 0 Å². The number of nitriles is 1. The minimum Gasteiger partial charge on any atom is -0.297 e. The number of ketones is 1. The van der Waals surface area contributed by atoms with Gasteiger partial charge in [-0.15, -0.1) is 0 Å². The number of halogens is 1. The fourth-order valence-corrected chi connectivity index (χ4v) is 2.99. The first-order valence-corrected chi connectivity index (χ1v) is 6.61. The third kappa shape index (κ3) is 2.40. The van der Waals surface area contributed by atoms with Crippen molar-refractivity contribution in [3.05, 3.63) is 35.6 Å². The molecular formula is C16H18FNO. The van der Waals surface area contributed by atoms with E-state index in [0.29, 0.717) is 12.0 Å². The first-order chi connectivity index (χ1) is 8.91. The summed E-state index contributed by atoms with van der Waals surface area (Å²) in [5.41, 5.74) is -1.10. The van der Waals surface area contributed by atoms with Crippen LogP contribution in [0.25, 0.3) is 0 Å². The van der Waals surface area contributed by atoms with Gasteiger partial charge in [-0.3, -0.25) is 4.79 Å². The van der Waals surface area contributed by atoms with Crippen molar-refractivity contribution in [1.82, 2.24) is 0 Å². The fraction of sp³-hybridized carbons (Fsp3) is 0.500. The minimum atomic E-state index is -1.07. The van der Waals surface area contributed by atoms with E-state index >= 15 is 0 Å². The van der Waals surface area contributed by atoms with Crippen LogP contribution in [0.1, 0.15) is 38.7 Å². The van der Waals surface area contributed by atoms with E-state index in [9.17, 15) is 14.4 Å². The number of carbonyl (C=O) groups is 1. The molecule has 2 rings (SSSR count). The van der Waals surface area contributed by atoms with Crippen LogP contribution in [0.3, 0.4) is 0 Å².